The molecular weight excluding hydrogens is 304 g/mol. The highest BCUT2D eigenvalue weighted by molar-refractivity contribution is 9.10. The SMILES string of the molecule is CCCc1nc(CCc2ccccc2)[nH]c(=O)c1Br. The summed E-state index contributed by atoms with van der Waals surface area (Å²) in [5.41, 5.74) is 2.03. The van der Waals surface area contributed by atoms with Crippen LogP contribution in [0.3, 0.4) is 0 Å². The standard InChI is InChI=1S/C15H17BrN2O/c1-2-6-12-14(16)15(19)18-13(17-12)10-9-11-7-4-3-5-8-11/h3-5,7-8H,2,6,9-10H2,1H3,(H,17,18,19). The minimum absolute atomic E-state index is 0.0819. The molecule has 2 rings (SSSR count). The second-order valence-corrected chi connectivity index (χ2v) is 5.30. The smallest absolute Gasteiger partial charge is 0.265 e. The number of hydrogen-bond donors (Lipinski definition) is 1. The molecule has 0 atom stereocenters. The van der Waals surface area contributed by atoms with Crippen molar-refractivity contribution in [3.8, 4) is 0 Å². The fraction of sp³-hybridized carbons (Fsp3) is 0.333. The predicted molar refractivity (Wildman–Crippen MR) is 80.4 cm³/mol. The Bertz CT molecular complexity index is 593. The molecule has 3 nitrogen and oxygen atoms in total. The van der Waals surface area contributed by atoms with Crippen LogP contribution in [0.25, 0.3) is 0 Å². The van der Waals surface area contributed by atoms with E-state index >= 15 is 0 Å². The van der Waals surface area contributed by atoms with Gasteiger partial charge in [-0.25, -0.2) is 4.98 Å². The van der Waals surface area contributed by atoms with Crippen LogP contribution in [-0.2, 0) is 19.3 Å². The van der Waals surface area contributed by atoms with Gasteiger partial charge in [-0.05, 0) is 34.3 Å². The Balaban J connectivity index is 2.14. The van der Waals surface area contributed by atoms with Gasteiger partial charge in [0.15, 0.2) is 0 Å². The van der Waals surface area contributed by atoms with Gasteiger partial charge >= 0.3 is 0 Å². The van der Waals surface area contributed by atoms with Gasteiger partial charge in [-0.3, -0.25) is 4.79 Å². The van der Waals surface area contributed by atoms with E-state index in [2.05, 4.69) is 45.0 Å². The lowest BCUT2D eigenvalue weighted by molar-refractivity contribution is 0.789. The summed E-state index contributed by atoms with van der Waals surface area (Å²) in [5, 5.41) is 0. The number of benzene rings is 1. The van der Waals surface area contributed by atoms with Crippen molar-refractivity contribution in [3.63, 3.8) is 0 Å². The molecule has 1 aromatic carbocycles. The van der Waals surface area contributed by atoms with E-state index in [0.29, 0.717) is 4.47 Å². The second-order valence-electron chi connectivity index (χ2n) is 4.51. The van der Waals surface area contributed by atoms with E-state index in [1.807, 2.05) is 18.2 Å². The summed E-state index contributed by atoms with van der Waals surface area (Å²) in [7, 11) is 0. The van der Waals surface area contributed by atoms with Crippen LogP contribution < -0.4 is 5.56 Å². The summed E-state index contributed by atoms with van der Waals surface area (Å²) in [6.07, 6.45) is 3.44. The quantitative estimate of drug-likeness (QED) is 0.919. The fourth-order valence-corrected chi connectivity index (χ4v) is 2.37. The Hall–Kier alpha value is -1.42. The van der Waals surface area contributed by atoms with E-state index in [4.69, 9.17) is 0 Å². The molecule has 0 saturated heterocycles. The molecule has 0 fully saturated rings. The molecular formula is C15H17BrN2O. The highest BCUT2D eigenvalue weighted by atomic mass is 79.9. The topological polar surface area (TPSA) is 45.8 Å². The molecule has 1 N–H and O–H groups in total. The number of nitrogens with zero attached hydrogens (tertiary/aromatic N) is 1. The number of nitrogens with one attached hydrogen (secondary N) is 1. The maximum absolute atomic E-state index is 11.8. The van der Waals surface area contributed by atoms with Gasteiger partial charge in [-0.15, -0.1) is 0 Å². The van der Waals surface area contributed by atoms with E-state index < -0.39 is 0 Å². The molecule has 0 amide bonds. The lowest BCUT2D eigenvalue weighted by Crippen LogP contribution is -2.16. The number of rotatable bonds is 5. The maximum atomic E-state index is 11.8. The van der Waals surface area contributed by atoms with Gasteiger partial charge in [-0.2, -0.15) is 0 Å². The van der Waals surface area contributed by atoms with Crippen LogP contribution in [0.15, 0.2) is 39.6 Å². The van der Waals surface area contributed by atoms with Gasteiger partial charge in [-0.1, -0.05) is 43.7 Å². The van der Waals surface area contributed by atoms with Gasteiger partial charge in [0.1, 0.15) is 10.3 Å². The van der Waals surface area contributed by atoms with Crippen molar-refractivity contribution in [2.75, 3.05) is 0 Å². The zero-order valence-corrected chi connectivity index (χ0v) is 12.5. The highest BCUT2D eigenvalue weighted by Crippen LogP contribution is 2.12. The summed E-state index contributed by atoms with van der Waals surface area (Å²) < 4.78 is 0.567. The largest absolute Gasteiger partial charge is 0.310 e. The summed E-state index contributed by atoms with van der Waals surface area (Å²) in [6.45, 7) is 2.08. The van der Waals surface area contributed by atoms with Gasteiger partial charge in [0.25, 0.3) is 5.56 Å². The maximum Gasteiger partial charge on any atom is 0.265 e. The van der Waals surface area contributed by atoms with Crippen LogP contribution in [0, 0.1) is 0 Å². The minimum Gasteiger partial charge on any atom is -0.310 e. The molecule has 0 unspecified atom stereocenters. The number of aryl methyl sites for hydroxylation is 3. The molecule has 100 valence electrons. The third-order valence-corrected chi connectivity index (χ3v) is 3.78. The van der Waals surface area contributed by atoms with Crippen molar-refractivity contribution < 1.29 is 0 Å². The number of hydrogen-bond acceptors (Lipinski definition) is 2. The van der Waals surface area contributed by atoms with Crippen LogP contribution in [-0.4, -0.2) is 9.97 Å². The van der Waals surface area contributed by atoms with Gasteiger partial charge in [0.2, 0.25) is 0 Å². The van der Waals surface area contributed by atoms with E-state index in [0.717, 1.165) is 37.2 Å². The van der Waals surface area contributed by atoms with Crippen LogP contribution in [0.2, 0.25) is 0 Å². The number of aromatic nitrogens is 2. The first-order valence-corrected chi connectivity index (χ1v) is 7.31. The molecule has 0 bridgehead atoms. The molecule has 1 aromatic heterocycles. The first kappa shape index (κ1) is 14.0. The van der Waals surface area contributed by atoms with E-state index in [1.54, 1.807) is 0 Å². The molecule has 19 heavy (non-hydrogen) atoms. The lowest BCUT2D eigenvalue weighted by atomic mass is 10.1. The van der Waals surface area contributed by atoms with E-state index in [-0.39, 0.29) is 5.56 Å². The highest BCUT2D eigenvalue weighted by Gasteiger charge is 2.08. The predicted octanol–water partition coefficient (Wildman–Crippen LogP) is 3.27. The first-order chi connectivity index (χ1) is 9.20. The Morgan fingerprint density at radius 1 is 1.16 bits per heavy atom. The minimum atomic E-state index is -0.0819. The molecule has 0 aliphatic heterocycles. The van der Waals surface area contributed by atoms with E-state index in [1.165, 1.54) is 5.56 Å². The number of halogens is 1. The third kappa shape index (κ3) is 3.77. The molecule has 0 saturated carbocycles. The summed E-state index contributed by atoms with van der Waals surface area (Å²) in [6, 6.07) is 10.2. The Kier molecular flexibility index (Phi) is 4.91. The van der Waals surface area contributed by atoms with Gasteiger partial charge in [0, 0.05) is 6.42 Å². The fourth-order valence-electron chi connectivity index (χ4n) is 1.99. The van der Waals surface area contributed by atoms with E-state index in [9.17, 15) is 4.79 Å². The van der Waals surface area contributed by atoms with Gasteiger partial charge in [0.05, 0.1) is 5.69 Å². The van der Waals surface area contributed by atoms with Crippen LogP contribution in [0.4, 0.5) is 0 Å². The van der Waals surface area contributed by atoms with Crippen LogP contribution >= 0.6 is 15.9 Å². The summed E-state index contributed by atoms with van der Waals surface area (Å²) in [5.74, 6) is 0.764. The molecule has 2 aromatic rings. The van der Waals surface area contributed by atoms with Crippen molar-refractivity contribution in [2.24, 2.45) is 0 Å². The number of aromatic amines is 1. The third-order valence-electron chi connectivity index (χ3n) is 2.96. The molecule has 0 radical (unpaired) electrons. The summed E-state index contributed by atoms with van der Waals surface area (Å²) in [4.78, 5) is 19.2. The second kappa shape index (κ2) is 6.66. The lowest BCUT2D eigenvalue weighted by Gasteiger charge is -2.06. The van der Waals surface area contributed by atoms with Crippen molar-refractivity contribution in [1.82, 2.24) is 9.97 Å². The molecule has 0 aliphatic carbocycles. The molecule has 0 spiro atoms. The van der Waals surface area contributed by atoms with Crippen LogP contribution in [0.5, 0.6) is 0 Å². The Morgan fingerprint density at radius 2 is 1.89 bits per heavy atom. The van der Waals surface area contributed by atoms with Crippen LogP contribution in [0.1, 0.15) is 30.4 Å². The van der Waals surface area contributed by atoms with Crippen molar-refractivity contribution in [3.05, 3.63) is 62.2 Å². The average Bonchev–Trinajstić information content (AvgIpc) is 2.43. The first-order valence-electron chi connectivity index (χ1n) is 6.52. The molecule has 1 heterocycles. The average molecular weight is 321 g/mol. The monoisotopic (exact) mass is 320 g/mol. The zero-order chi connectivity index (χ0) is 13.7. The zero-order valence-electron chi connectivity index (χ0n) is 10.9. The molecule has 4 heteroatoms. The van der Waals surface area contributed by atoms with Crippen molar-refractivity contribution >= 4 is 15.9 Å². The Morgan fingerprint density at radius 3 is 2.58 bits per heavy atom. The van der Waals surface area contributed by atoms with Crippen molar-refractivity contribution in [2.45, 2.75) is 32.6 Å². The Labute approximate surface area is 121 Å². The summed E-state index contributed by atoms with van der Waals surface area (Å²) >= 11 is 3.31. The molecule has 0 aliphatic rings. The normalized spacial score (nSPS) is 10.6. The van der Waals surface area contributed by atoms with Crippen molar-refractivity contribution in [1.29, 1.82) is 0 Å². The van der Waals surface area contributed by atoms with Gasteiger partial charge < -0.3 is 4.98 Å². The number of H-pyrrole nitrogens is 1.